The van der Waals surface area contributed by atoms with Gasteiger partial charge < -0.3 is 16.4 Å². The molecule has 1 rings (SSSR count). The quantitative estimate of drug-likeness (QED) is 0.668. The van der Waals surface area contributed by atoms with Crippen LogP contribution in [-0.4, -0.2) is 35.8 Å². The summed E-state index contributed by atoms with van der Waals surface area (Å²) in [5.41, 5.74) is 10.6. The Morgan fingerprint density at radius 2 is 2.00 bits per heavy atom. The molecule has 0 bridgehead atoms. The Morgan fingerprint density at radius 3 is 2.67 bits per heavy atom. The van der Waals surface area contributed by atoms with Crippen molar-refractivity contribution >= 4 is 11.8 Å². The maximum absolute atomic E-state index is 11.6. The van der Waals surface area contributed by atoms with E-state index in [4.69, 9.17) is 11.5 Å². The van der Waals surface area contributed by atoms with E-state index in [1.165, 1.54) is 0 Å². The molecule has 1 aliphatic rings. The molecule has 15 heavy (non-hydrogen) atoms. The number of amides is 2. The fraction of sp³-hybridized carbons (Fsp3) is 0.800. The number of primary amides is 1. The molecule has 1 saturated heterocycles. The van der Waals surface area contributed by atoms with Crippen LogP contribution in [0.3, 0.4) is 0 Å². The van der Waals surface area contributed by atoms with Crippen LogP contribution in [0.2, 0.25) is 0 Å². The molecule has 86 valence electrons. The number of likely N-dealkylation sites (tertiary alicyclic amines) is 1. The van der Waals surface area contributed by atoms with E-state index in [9.17, 15) is 9.59 Å². The number of carbonyl (C=O) groups is 2. The summed E-state index contributed by atoms with van der Waals surface area (Å²) in [5, 5.41) is 0. The molecule has 1 atom stereocenters. The zero-order valence-electron chi connectivity index (χ0n) is 8.95. The molecule has 0 aromatic carbocycles. The van der Waals surface area contributed by atoms with E-state index < -0.39 is 11.9 Å². The third-order valence-corrected chi connectivity index (χ3v) is 2.70. The summed E-state index contributed by atoms with van der Waals surface area (Å²) in [6.45, 7) is 0.952. The van der Waals surface area contributed by atoms with Crippen LogP contribution in [0.4, 0.5) is 0 Å². The molecule has 1 unspecified atom stereocenters. The summed E-state index contributed by atoms with van der Waals surface area (Å²) < 4.78 is 0. The Kier molecular flexibility index (Phi) is 4.55. The van der Waals surface area contributed by atoms with Crippen molar-refractivity contribution in [3.8, 4) is 0 Å². The molecule has 0 saturated carbocycles. The molecule has 5 heteroatoms. The fourth-order valence-electron chi connectivity index (χ4n) is 1.74. The molecule has 2 amide bonds. The van der Waals surface area contributed by atoms with Gasteiger partial charge in [-0.05, 0) is 12.8 Å². The molecule has 0 aliphatic carbocycles. The van der Waals surface area contributed by atoms with Gasteiger partial charge in [-0.1, -0.05) is 12.8 Å². The minimum Gasteiger partial charge on any atom is -0.368 e. The highest BCUT2D eigenvalue weighted by atomic mass is 16.2. The molecule has 0 aromatic heterocycles. The third kappa shape index (κ3) is 3.87. The van der Waals surface area contributed by atoms with Gasteiger partial charge in [-0.15, -0.1) is 0 Å². The maximum atomic E-state index is 11.6. The van der Waals surface area contributed by atoms with Crippen LogP contribution in [0.5, 0.6) is 0 Å². The van der Waals surface area contributed by atoms with Gasteiger partial charge in [0.2, 0.25) is 11.8 Å². The van der Waals surface area contributed by atoms with Gasteiger partial charge in [0.05, 0.1) is 0 Å². The zero-order chi connectivity index (χ0) is 11.3. The van der Waals surface area contributed by atoms with Crippen molar-refractivity contribution in [1.82, 2.24) is 4.90 Å². The van der Waals surface area contributed by atoms with Crippen LogP contribution in [0, 0.1) is 0 Å². The number of hydrogen-bond donors (Lipinski definition) is 2. The summed E-state index contributed by atoms with van der Waals surface area (Å²) in [4.78, 5) is 24.1. The van der Waals surface area contributed by atoms with Crippen LogP contribution < -0.4 is 11.5 Å². The van der Waals surface area contributed by atoms with E-state index >= 15 is 0 Å². The molecule has 0 aromatic rings. The minimum atomic E-state index is -0.742. The van der Waals surface area contributed by atoms with Crippen molar-refractivity contribution in [1.29, 1.82) is 0 Å². The Hall–Kier alpha value is -1.10. The number of nitrogens with two attached hydrogens (primary N) is 2. The lowest BCUT2D eigenvalue weighted by molar-refractivity contribution is -0.132. The molecule has 1 aliphatic heterocycles. The predicted molar refractivity (Wildman–Crippen MR) is 56.8 cm³/mol. The second-order valence-corrected chi connectivity index (χ2v) is 4.01. The molecule has 5 nitrogen and oxygen atoms in total. The van der Waals surface area contributed by atoms with Crippen molar-refractivity contribution in [2.45, 2.75) is 38.1 Å². The van der Waals surface area contributed by atoms with Crippen molar-refractivity contribution in [3.63, 3.8) is 0 Å². The Morgan fingerprint density at radius 1 is 1.33 bits per heavy atom. The molecule has 1 heterocycles. The molecular formula is C10H19N3O2. The molecule has 0 radical (unpaired) electrons. The highest BCUT2D eigenvalue weighted by Gasteiger charge is 2.20. The van der Waals surface area contributed by atoms with E-state index in [1.807, 2.05) is 0 Å². The lowest BCUT2D eigenvalue weighted by atomic mass is 10.1. The summed E-state index contributed by atoms with van der Waals surface area (Å²) in [6.07, 6.45) is 4.72. The van der Waals surface area contributed by atoms with E-state index in [0.717, 1.165) is 25.7 Å². The van der Waals surface area contributed by atoms with Crippen LogP contribution in [-0.2, 0) is 9.59 Å². The summed E-state index contributed by atoms with van der Waals surface area (Å²) >= 11 is 0. The summed E-state index contributed by atoms with van der Waals surface area (Å²) in [6, 6.07) is -0.742. The zero-order valence-corrected chi connectivity index (χ0v) is 8.95. The van der Waals surface area contributed by atoms with E-state index in [2.05, 4.69) is 0 Å². The lowest BCUT2D eigenvalue weighted by Gasteiger charge is -2.26. The van der Waals surface area contributed by atoms with Gasteiger partial charge >= 0.3 is 0 Å². The van der Waals surface area contributed by atoms with Gasteiger partial charge in [-0.25, -0.2) is 0 Å². The first-order valence-electron chi connectivity index (χ1n) is 5.44. The monoisotopic (exact) mass is 213 g/mol. The first-order chi connectivity index (χ1) is 7.11. The normalized spacial score (nSPS) is 20.6. The first-order valence-corrected chi connectivity index (χ1v) is 5.44. The average Bonchev–Trinajstić information content (AvgIpc) is 2.17. The van der Waals surface area contributed by atoms with Gasteiger partial charge in [0, 0.05) is 19.5 Å². The van der Waals surface area contributed by atoms with E-state index in [0.29, 0.717) is 13.0 Å². The van der Waals surface area contributed by atoms with Gasteiger partial charge in [0.15, 0.2) is 0 Å². The van der Waals surface area contributed by atoms with Crippen LogP contribution in [0.25, 0.3) is 0 Å². The second-order valence-electron chi connectivity index (χ2n) is 4.01. The number of rotatable bonds is 3. The average molecular weight is 213 g/mol. The number of carbonyl (C=O) groups excluding carboxylic acids is 2. The Labute approximate surface area is 89.8 Å². The summed E-state index contributed by atoms with van der Waals surface area (Å²) in [7, 11) is 0. The smallest absolute Gasteiger partial charge is 0.236 e. The molecule has 0 spiro atoms. The number of hydrogen-bond acceptors (Lipinski definition) is 3. The Balaban J connectivity index is 2.48. The van der Waals surface area contributed by atoms with E-state index in [-0.39, 0.29) is 12.5 Å². The molecule has 4 N–H and O–H groups in total. The highest BCUT2D eigenvalue weighted by molar-refractivity contribution is 5.81. The van der Waals surface area contributed by atoms with Gasteiger partial charge in [0.1, 0.15) is 6.04 Å². The standard InChI is InChI=1S/C10H19N3O2/c11-8(10(12)15)7-13-6-4-2-1-3-5-9(13)14/h8H,1-7,11H2,(H2,12,15). The predicted octanol–water partition coefficient (Wildman–Crippen LogP) is -0.408. The van der Waals surface area contributed by atoms with Gasteiger partial charge in [0.25, 0.3) is 0 Å². The van der Waals surface area contributed by atoms with Crippen molar-refractivity contribution in [3.05, 3.63) is 0 Å². The summed E-state index contributed by atoms with van der Waals surface area (Å²) in [5.74, 6) is -0.462. The second kappa shape index (κ2) is 5.70. The first kappa shape index (κ1) is 12.0. The van der Waals surface area contributed by atoms with Crippen LogP contribution in [0.1, 0.15) is 32.1 Å². The largest absolute Gasteiger partial charge is 0.368 e. The van der Waals surface area contributed by atoms with Crippen molar-refractivity contribution < 1.29 is 9.59 Å². The SMILES string of the molecule is NC(=O)C(N)CN1CCCCCCC1=O. The fourth-order valence-corrected chi connectivity index (χ4v) is 1.74. The van der Waals surface area contributed by atoms with E-state index in [1.54, 1.807) is 4.90 Å². The Bertz CT molecular complexity index is 243. The van der Waals surface area contributed by atoms with Gasteiger partial charge in [-0.3, -0.25) is 9.59 Å². The maximum Gasteiger partial charge on any atom is 0.236 e. The van der Waals surface area contributed by atoms with Crippen LogP contribution in [0.15, 0.2) is 0 Å². The van der Waals surface area contributed by atoms with Crippen LogP contribution >= 0.6 is 0 Å². The molecular weight excluding hydrogens is 194 g/mol. The van der Waals surface area contributed by atoms with Crippen molar-refractivity contribution in [2.24, 2.45) is 11.5 Å². The topological polar surface area (TPSA) is 89.4 Å². The van der Waals surface area contributed by atoms with Crippen molar-refractivity contribution in [2.75, 3.05) is 13.1 Å². The van der Waals surface area contributed by atoms with Gasteiger partial charge in [-0.2, -0.15) is 0 Å². The highest BCUT2D eigenvalue weighted by Crippen LogP contribution is 2.11. The lowest BCUT2D eigenvalue weighted by Crippen LogP contribution is -2.48. The molecule has 1 fully saturated rings. The third-order valence-electron chi connectivity index (χ3n) is 2.70. The minimum absolute atomic E-state index is 0.0893. The number of nitrogens with zero attached hydrogens (tertiary/aromatic N) is 1.